The first-order valence-corrected chi connectivity index (χ1v) is 9.51. The Balaban J connectivity index is 1.82. The topological polar surface area (TPSA) is 72.5 Å². The fourth-order valence-corrected chi connectivity index (χ4v) is 4.71. The SMILES string of the molecule is COC(=O)c1sccc1S(=O)(=O)NCc1ccc2ccccc2c1. The lowest BCUT2D eigenvalue weighted by molar-refractivity contribution is 0.0602. The minimum absolute atomic E-state index is 0.0554. The number of benzene rings is 2. The highest BCUT2D eigenvalue weighted by Crippen LogP contribution is 2.23. The molecule has 3 aromatic rings. The van der Waals surface area contributed by atoms with Crippen LogP contribution >= 0.6 is 11.3 Å². The summed E-state index contributed by atoms with van der Waals surface area (Å²) >= 11 is 1.04. The Morgan fingerprint density at radius 1 is 1.12 bits per heavy atom. The molecule has 0 unspecified atom stereocenters. The van der Waals surface area contributed by atoms with Crippen molar-refractivity contribution in [3.05, 3.63) is 64.4 Å². The molecule has 0 radical (unpaired) electrons. The summed E-state index contributed by atoms with van der Waals surface area (Å²) in [6.07, 6.45) is 0. The average Bonchev–Trinajstić information content (AvgIpc) is 3.10. The van der Waals surface area contributed by atoms with Crippen LogP contribution in [-0.4, -0.2) is 21.5 Å². The van der Waals surface area contributed by atoms with E-state index in [1.807, 2.05) is 42.5 Å². The second-order valence-corrected chi connectivity index (χ2v) is 7.76. The second-order valence-electron chi connectivity index (χ2n) is 5.11. The zero-order chi connectivity index (χ0) is 17.2. The van der Waals surface area contributed by atoms with Crippen molar-refractivity contribution in [2.45, 2.75) is 11.4 Å². The number of methoxy groups -OCH3 is 1. The summed E-state index contributed by atoms with van der Waals surface area (Å²) in [5.74, 6) is -0.656. The Kier molecular flexibility index (Phi) is 4.66. The van der Waals surface area contributed by atoms with Gasteiger partial charge in [0.15, 0.2) is 0 Å². The van der Waals surface area contributed by atoms with Crippen molar-refractivity contribution in [2.75, 3.05) is 7.11 Å². The average molecular weight is 361 g/mol. The zero-order valence-electron chi connectivity index (χ0n) is 12.9. The van der Waals surface area contributed by atoms with Crippen LogP contribution in [0.4, 0.5) is 0 Å². The maximum absolute atomic E-state index is 12.5. The van der Waals surface area contributed by atoms with Gasteiger partial charge in [-0.1, -0.05) is 36.4 Å². The summed E-state index contributed by atoms with van der Waals surface area (Å²) < 4.78 is 32.1. The van der Waals surface area contributed by atoms with E-state index >= 15 is 0 Å². The van der Waals surface area contributed by atoms with Crippen molar-refractivity contribution in [2.24, 2.45) is 0 Å². The van der Waals surface area contributed by atoms with Crippen molar-refractivity contribution in [3.8, 4) is 0 Å². The van der Waals surface area contributed by atoms with Gasteiger partial charge in [-0.25, -0.2) is 17.9 Å². The Labute approximate surface area is 143 Å². The van der Waals surface area contributed by atoms with Crippen molar-refractivity contribution in [3.63, 3.8) is 0 Å². The van der Waals surface area contributed by atoms with Gasteiger partial charge in [-0.15, -0.1) is 11.3 Å². The van der Waals surface area contributed by atoms with Gasteiger partial charge in [-0.2, -0.15) is 0 Å². The molecule has 2 aromatic carbocycles. The van der Waals surface area contributed by atoms with Crippen LogP contribution in [0.15, 0.2) is 58.8 Å². The van der Waals surface area contributed by atoms with Crippen LogP contribution < -0.4 is 4.72 Å². The summed E-state index contributed by atoms with van der Waals surface area (Å²) in [6.45, 7) is 0.142. The Hall–Kier alpha value is -2.22. The molecule has 5 nitrogen and oxygen atoms in total. The van der Waals surface area contributed by atoms with E-state index in [0.717, 1.165) is 27.7 Å². The molecular weight excluding hydrogens is 346 g/mol. The van der Waals surface area contributed by atoms with Gasteiger partial charge in [-0.3, -0.25) is 0 Å². The van der Waals surface area contributed by atoms with E-state index in [4.69, 9.17) is 0 Å². The lowest BCUT2D eigenvalue weighted by Gasteiger charge is -2.08. The highest BCUT2D eigenvalue weighted by molar-refractivity contribution is 7.89. The molecule has 1 N–H and O–H groups in total. The van der Waals surface area contributed by atoms with E-state index in [9.17, 15) is 13.2 Å². The quantitative estimate of drug-likeness (QED) is 0.709. The molecule has 0 aliphatic rings. The molecule has 0 amide bonds. The number of rotatable bonds is 5. The minimum Gasteiger partial charge on any atom is -0.465 e. The van der Waals surface area contributed by atoms with E-state index in [0.29, 0.717) is 0 Å². The van der Waals surface area contributed by atoms with Crippen LogP contribution in [0.5, 0.6) is 0 Å². The van der Waals surface area contributed by atoms with Crippen LogP contribution in [0.3, 0.4) is 0 Å². The standard InChI is InChI=1S/C17H15NO4S2/c1-22-17(19)16-15(8-9-23-16)24(20,21)18-11-12-6-7-13-4-2-3-5-14(13)10-12/h2-10,18H,11H2,1H3. The van der Waals surface area contributed by atoms with Crippen molar-refractivity contribution in [1.29, 1.82) is 0 Å². The molecule has 0 aliphatic carbocycles. The number of sulfonamides is 1. The highest BCUT2D eigenvalue weighted by Gasteiger charge is 2.24. The number of ether oxygens (including phenoxy) is 1. The van der Waals surface area contributed by atoms with Gasteiger partial charge >= 0.3 is 5.97 Å². The fraction of sp³-hybridized carbons (Fsp3) is 0.118. The van der Waals surface area contributed by atoms with Gasteiger partial charge < -0.3 is 4.74 Å². The third kappa shape index (κ3) is 3.33. The number of esters is 1. The summed E-state index contributed by atoms with van der Waals surface area (Å²) in [4.78, 5) is 11.7. The number of nitrogens with one attached hydrogen (secondary N) is 1. The second kappa shape index (κ2) is 6.72. The molecule has 0 fully saturated rings. The molecule has 0 saturated carbocycles. The van der Waals surface area contributed by atoms with Crippen molar-refractivity contribution < 1.29 is 17.9 Å². The van der Waals surface area contributed by atoms with E-state index < -0.39 is 16.0 Å². The third-order valence-corrected chi connectivity index (χ3v) is 6.04. The van der Waals surface area contributed by atoms with Gasteiger partial charge in [0.2, 0.25) is 10.0 Å². The maximum Gasteiger partial charge on any atom is 0.349 e. The lowest BCUT2D eigenvalue weighted by atomic mass is 10.1. The number of carbonyl (C=O) groups excluding carboxylic acids is 1. The summed E-state index contributed by atoms with van der Waals surface area (Å²) in [5, 5.41) is 3.69. The largest absolute Gasteiger partial charge is 0.465 e. The smallest absolute Gasteiger partial charge is 0.349 e. The predicted octanol–water partition coefficient (Wildman–Crippen LogP) is 3.17. The number of carbonyl (C=O) groups is 1. The van der Waals surface area contributed by atoms with Crippen LogP contribution in [-0.2, 0) is 21.3 Å². The molecule has 0 bridgehead atoms. The number of hydrogen-bond acceptors (Lipinski definition) is 5. The van der Waals surface area contributed by atoms with Gasteiger partial charge in [0.05, 0.1) is 7.11 Å². The van der Waals surface area contributed by atoms with E-state index in [-0.39, 0.29) is 16.3 Å². The highest BCUT2D eigenvalue weighted by atomic mass is 32.2. The van der Waals surface area contributed by atoms with Crippen molar-refractivity contribution >= 4 is 38.1 Å². The molecule has 7 heteroatoms. The van der Waals surface area contributed by atoms with Crippen LogP contribution in [0.1, 0.15) is 15.2 Å². The first-order chi connectivity index (χ1) is 11.5. The lowest BCUT2D eigenvalue weighted by Crippen LogP contribution is -2.24. The number of fused-ring (bicyclic) bond motifs is 1. The first kappa shape index (κ1) is 16.6. The first-order valence-electron chi connectivity index (χ1n) is 7.14. The molecule has 0 saturated heterocycles. The van der Waals surface area contributed by atoms with E-state index in [1.54, 1.807) is 5.38 Å². The molecule has 1 aromatic heterocycles. The summed E-state index contributed by atoms with van der Waals surface area (Å²) in [6, 6.07) is 15.0. The van der Waals surface area contributed by atoms with Gasteiger partial charge in [0.1, 0.15) is 9.77 Å². The molecule has 0 atom stereocenters. The molecule has 0 aliphatic heterocycles. The molecular formula is C17H15NO4S2. The van der Waals surface area contributed by atoms with Gasteiger partial charge in [-0.05, 0) is 33.8 Å². The number of hydrogen-bond donors (Lipinski definition) is 1. The molecule has 24 heavy (non-hydrogen) atoms. The monoisotopic (exact) mass is 361 g/mol. The third-order valence-electron chi connectivity index (χ3n) is 3.57. The number of thiophene rings is 1. The summed E-state index contributed by atoms with van der Waals surface area (Å²) in [7, 11) is -2.57. The van der Waals surface area contributed by atoms with Gasteiger partial charge in [0.25, 0.3) is 0 Å². The normalized spacial score (nSPS) is 11.5. The predicted molar refractivity (Wildman–Crippen MR) is 93.6 cm³/mol. The van der Waals surface area contributed by atoms with E-state index in [1.165, 1.54) is 13.2 Å². The molecule has 3 rings (SSSR count). The Morgan fingerprint density at radius 2 is 1.88 bits per heavy atom. The van der Waals surface area contributed by atoms with Gasteiger partial charge in [0, 0.05) is 6.54 Å². The minimum atomic E-state index is -3.79. The Morgan fingerprint density at radius 3 is 2.62 bits per heavy atom. The molecule has 1 heterocycles. The molecule has 0 spiro atoms. The summed E-state index contributed by atoms with van der Waals surface area (Å²) in [5.41, 5.74) is 0.840. The maximum atomic E-state index is 12.5. The Bertz CT molecular complexity index is 993. The van der Waals surface area contributed by atoms with E-state index in [2.05, 4.69) is 9.46 Å². The van der Waals surface area contributed by atoms with Crippen LogP contribution in [0, 0.1) is 0 Å². The zero-order valence-corrected chi connectivity index (χ0v) is 14.5. The molecule has 124 valence electrons. The van der Waals surface area contributed by atoms with Crippen molar-refractivity contribution in [1.82, 2.24) is 4.72 Å². The van der Waals surface area contributed by atoms with Crippen LogP contribution in [0.25, 0.3) is 10.8 Å². The fourth-order valence-electron chi connectivity index (χ4n) is 2.36. The van der Waals surface area contributed by atoms with Crippen LogP contribution in [0.2, 0.25) is 0 Å².